The van der Waals surface area contributed by atoms with Crippen molar-refractivity contribution in [3.05, 3.63) is 16.8 Å². The van der Waals surface area contributed by atoms with E-state index in [1.165, 1.54) is 28.5 Å². The van der Waals surface area contributed by atoms with Crippen LogP contribution in [0.2, 0.25) is 0 Å². The second kappa shape index (κ2) is 9.46. The second-order valence-electron chi connectivity index (χ2n) is 9.66. The first-order valence-electron chi connectivity index (χ1n) is 12.2. The molecule has 2 aromatic rings. The maximum atomic E-state index is 13.5. The van der Waals surface area contributed by atoms with Gasteiger partial charge in [-0.1, -0.05) is 30.8 Å². The number of carbonyl (C=O) groups is 1. The summed E-state index contributed by atoms with van der Waals surface area (Å²) in [6.07, 6.45) is 10.4. The minimum absolute atomic E-state index is 0.00364. The van der Waals surface area contributed by atoms with Gasteiger partial charge in [-0.15, -0.1) is 11.3 Å². The predicted octanol–water partition coefficient (Wildman–Crippen LogP) is 4.22. The summed E-state index contributed by atoms with van der Waals surface area (Å²) >= 11 is 1.37. The first kappa shape index (κ1) is 23.0. The van der Waals surface area contributed by atoms with Gasteiger partial charge >= 0.3 is 0 Å². The fourth-order valence-corrected chi connectivity index (χ4v) is 7.93. The Morgan fingerprint density at radius 1 is 1.12 bits per heavy atom. The third-order valence-electron chi connectivity index (χ3n) is 7.04. The van der Waals surface area contributed by atoms with Crippen molar-refractivity contribution in [2.75, 3.05) is 13.1 Å². The number of rotatable bonds is 6. The SMILES string of the molecule is Cc1sc(-c2noc(C3CC3)n2)cc1S(=O)(=O)N1CCC[C@H](C(=O)NC2CCCCCC2)C1. The van der Waals surface area contributed by atoms with Crippen LogP contribution in [0.3, 0.4) is 0 Å². The number of thiophene rings is 1. The summed E-state index contributed by atoms with van der Waals surface area (Å²) in [5.41, 5.74) is 0. The number of hydrogen-bond acceptors (Lipinski definition) is 7. The topological polar surface area (TPSA) is 105 Å². The van der Waals surface area contributed by atoms with Crippen LogP contribution < -0.4 is 5.32 Å². The number of nitrogens with zero attached hydrogens (tertiary/aromatic N) is 3. The van der Waals surface area contributed by atoms with Crippen LogP contribution in [0.4, 0.5) is 0 Å². The monoisotopic (exact) mass is 492 g/mol. The van der Waals surface area contributed by atoms with E-state index in [4.69, 9.17) is 4.52 Å². The van der Waals surface area contributed by atoms with Gasteiger partial charge in [0.25, 0.3) is 0 Å². The Labute approximate surface area is 199 Å². The molecule has 3 fully saturated rings. The summed E-state index contributed by atoms with van der Waals surface area (Å²) in [6, 6.07) is 1.88. The summed E-state index contributed by atoms with van der Waals surface area (Å²) in [4.78, 5) is 19.1. The van der Waals surface area contributed by atoms with Crippen LogP contribution in [-0.2, 0) is 14.8 Å². The Balaban J connectivity index is 1.28. The van der Waals surface area contributed by atoms with Crippen LogP contribution in [-0.4, -0.2) is 47.9 Å². The lowest BCUT2D eigenvalue weighted by molar-refractivity contribution is -0.126. The Hall–Kier alpha value is -1.78. The first-order valence-corrected chi connectivity index (χ1v) is 14.4. The quantitative estimate of drug-likeness (QED) is 0.605. The summed E-state index contributed by atoms with van der Waals surface area (Å²) in [6.45, 7) is 2.48. The average Bonchev–Trinajstić information content (AvgIpc) is 3.49. The molecule has 33 heavy (non-hydrogen) atoms. The minimum atomic E-state index is -3.70. The largest absolute Gasteiger partial charge is 0.353 e. The van der Waals surface area contributed by atoms with Crippen molar-refractivity contribution in [2.45, 2.75) is 88.0 Å². The van der Waals surface area contributed by atoms with E-state index in [-0.39, 0.29) is 29.3 Å². The van der Waals surface area contributed by atoms with E-state index in [9.17, 15) is 13.2 Å². The number of amides is 1. The molecular weight excluding hydrogens is 460 g/mol. The van der Waals surface area contributed by atoms with Crippen molar-refractivity contribution in [1.82, 2.24) is 19.8 Å². The van der Waals surface area contributed by atoms with Crippen LogP contribution in [0, 0.1) is 12.8 Å². The van der Waals surface area contributed by atoms with E-state index in [0.717, 1.165) is 44.9 Å². The van der Waals surface area contributed by atoms with Crippen molar-refractivity contribution in [3.8, 4) is 10.7 Å². The number of sulfonamides is 1. The molecule has 1 aliphatic heterocycles. The molecule has 0 aromatic carbocycles. The summed E-state index contributed by atoms with van der Waals surface area (Å²) in [7, 11) is -3.70. The Morgan fingerprint density at radius 2 is 1.88 bits per heavy atom. The van der Waals surface area contributed by atoms with Crippen LogP contribution in [0.1, 0.15) is 80.9 Å². The van der Waals surface area contributed by atoms with Gasteiger partial charge < -0.3 is 9.84 Å². The third-order valence-corrected chi connectivity index (χ3v) is 10.2. The molecule has 8 nitrogen and oxygen atoms in total. The molecule has 2 aliphatic carbocycles. The van der Waals surface area contributed by atoms with Gasteiger partial charge in [0, 0.05) is 29.9 Å². The van der Waals surface area contributed by atoms with Gasteiger partial charge in [0.15, 0.2) is 0 Å². The van der Waals surface area contributed by atoms with E-state index in [1.54, 1.807) is 6.07 Å². The number of aryl methyl sites for hydroxylation is 1. The Bertz CT molecular complexity index is 1100. The van der Waals surface area contributed by atoms with E-state index in [2.05, 4.69) is 15.5 Å². The fourth-order valence-electron chi connectivity index (χ4n) is 4.92. The van der Waals surface area contributed by atoms with Gasteiger partial charge in [-0.05, 0) is 51.5 Å². The fraction of sp³-hybridized carbons (Fsp3) is 0.696. The lowest BCUT2D eigenvalue weighted by Gasteiger charge is -2.32. The highest BCUT2D eigenvalue weighted by atomic mass is 32.2. The van der Waals surface area contributed by atoms with Crippen molar-refractivity contribution in [2.24, 2.45) is 5.92 Å². The van der Waals surface area contributed by atoms with E-state index >= 15 is 0 Å². The number of aromatic nitrogens is 2. The van der Waals surface area contributed by atoms with Crippen molar-refractivity contribution in [3.63, 3.8) is 0 Å². The van der Waals surface area contributed by atoms with Gasteiger partial charge in [0.05, 0.1) is 15.7 Å². The number of carbonyl (C=O) groups excluding carboxylic acids is 1. The molecule has 0 spiro atoms. The zero-order chi connectivity index (χ0) is 23.0. The second-order valence-corrected chi connectivity index (χ2v) is 12.8. The smallest absolute Gasteiger partial charge is 0.244 e. The van der Waals surface area contributed by atoms with Crippen LogP contribution in [0.25, 0.3) is 10.7 Å². The highest BCUT2D eigenvalue weighted by molar-refractivity contribution is 7.89. The molecule has 3 aliphatic rings. The maximum absolute atomic E-state index is 13.5. The van der Waals surface area contributed by atoms with E-state index in [1.807, 2.05) is 6.92 Å². The molecule has 1 amide bonds. The summed E-state index contributed by atoms with van der Waals surface area (Å²) in [5.74, 6) is 1.15. The molecule has 1 saturated heterocycles. The van der Waals surface area contributed by atoms with Crippen LogP contribution in [0.5, 0.6) is 0 Å². The predicted molar refractivity (Wildman–Crippen MR) is 125 cm³/mol. The Kier molecular flexibility index (Phi) is 6.59. The van der Waals surface area contributed by atoms with Gasteiger partial charge in [-0.2, -0.15) is 9.29 Å². The maximum Gasteiger partial charge on any atom is 0.244 e. The number of hydrogen-bond donors (Lipinski definition) is 1. The zero-order valence-electron chi connectivity index (χ0n) is 19.1. The molecule has 0 unspecified atom stereocenters. The Morgan fingerprint density at radius 3 is 2.61 bits per heavy atom. The molecule has 5 rings (SSSR count). The lowest BCUT2D eigenvalue weighted by Crippen LogP contribution is -2.47. The van der Waals surface area contributed by atoms with Crippen LogP contribution >= 0.6 is 11.3 Å². The van der Waals surface area contributed by atoms with Gasteiger partial charge in [-0.3, -0.25) is 4.79 Å². The van der Waals surface area contributed by atoms with Gasteiger partial charge in [0.1, 0.15) is 0 Å². The first-order chi connectivity index (χ1) is 15.9. The molecule has 0 bridgehead atoms. The van der Waals surface area contributed by atoms with Gasteiger partial charge in [0.2, 0.25) is 27.6 Å². The van der Waals surface area contributed by atoms with Gasteiger partial charge in [-0.25, -0.2) is 8.42 Å². The summed E-state index contributed by atoms with van der Waals surface area (Å²) in [5, 5.41) is 7.27. The highest BCUT2D eigenvalue weighted by Gasteiger charge is 2.36. The molecule has 1 atom stereocenters. The average molecular weight is 493 g/mol. The standard InChI is InChI=1S/C23H32N4O4S2/c1-15-20(13-19(32-15)21-25-23(31-26-21)16-10-11-16)33(29,30)27-12-6-7-17(14-27)22(28)24-18-8-4-2-3-5-9-18/h13,16-18H,2-12,14H2,1H3,(H,24,28)/t17-/m0/s1. The molecule has 2 aromatic heterocycles. The number of piperidine rings is 1. The molecule has 10 heteroatoms. The molecule has 3 heterocycles. The highest BCUT2D eigenvalue weighted by Crippen LogP contribution is 2.41. The molecule has 180 valence electrons. The van der Waals surface area contributed by atoms with E-state index < -0.39 is 10.0 Å². The van der Waals surface area contributed by atoms with E-state index in [0.29, 0.717) is 40.4 Å². The molecule has 2 saturated carbocycles. The van der Waals surface area contributed by atoms with Crippen molar-refractivity contribution in [1.29, 1.82) is 0 Å². The normalized spacial score (nSPS) is 23.4. The minimum Gasteiger partial charge on any atom is -0.353 e. The molecular formula is C23H32N4O4S2. The number of nitrogens with one attached hydrogen (secondary N) is 1. The molecule has 0 radical (unpaired) electrons. The zero-order valence-corrected chi connectivity index (χ0v) is 20.7. The lowest BCUT2D eigenvalue weighted by atomic mass is 9.97. The molecule has 1 N–H and O–H groups in total. The van der Waals surface area contributed by atoms with Crippen molar-refractivity contribution >= 4 is 27.3 Å². The third kappa shape index (κ3) is 5.02. The van der Waals surface area contributed by atoms with Crippen molar-refractivity contribution < 1.29 is 17.7 Å². The van der Waals surface area contributed by atoms with Crippen LogP contribution in [0.15, 0.2) is 15.5 Å². The summed E-state index contributed by atoms with van der Waals surface area (Å²) < 4.78 is 33.9.